The average molecular weight is 156 g/mol. The van der Waals surface area contributed by atoms with Crippen LogP contribution in [-0.2, 0) is 9.47 Å². The van der Waals surface area contributed by atoms with Gasteiger partial charge in [-0.2, -0.15) is 0 Å². The summed E-state index contributed by atoms with van der Waals surface area (Å²) in [5, 5.41) is 18.4. The van der Waals surface area contributed by atoms with Gasteiger partial charge in [-0.25, -0.2) is 0 Å². The third-order valence-corrected chi connectivity index (χ3v) is 2.33. The monoisotopic (exact) mass is 156 g/mol. The van der Waals surface area contributed by atoms with E-state index in [1.165, 1.54) is 0 Å². The van der Waals surface area contributed by atoms with Crippen molar-refractivity contribution in [2.75, 3.05) is 13.2 Å². The Morgan fingerprint density at radius 3 is 2.64 bits per heavy atom. The number of hydrogen-bond donors (Lipinski definition) is 2. The Morgan fingerprint density at radius 1 is 1.64 bits per heavy atom. The van der Waals surface area contributed by atoms with Crippen LogP contribution >= 0.6 is 0 Å². The number of hydrogen-bond acceptors (Lipinski definition) is 4. The number of fused-ring (bicyclic) bond motifs is 2. The molecule has 2 fully saturated rings. The third-order valence-electron chi connectivity index (χ3n) is 2.33. The maximum atomic E-state index is 9.46. The summed E-state index contributed by atoms with van der Waals surface area (Å²) < 4.78 is 10.3. The average Bonchev–Trinajstić information content (AvgIpc) is 2.42. The van der Waals surface area contributed by atoms with Gasteiger partial charge in [-0.3, -0.25) is 0 Å². The van der Waals surface area contributed by atoms with Gasteiger partial charge in [0.15, 0.2) is 0 Å². The summed E-state index contributed by atoms with van der Waals surface area (Å²) in [6, 6.07) is -0.606. The van der Waals surface area contributed by atoms with Gasteiger partial charge in [0.05, 0.1) is 13.2 Å². The fraction of sp³-hybridized carbons (Fsp3) is 1.00. The van der Waals surface area contributed by atoms with Gasteiger partial charge in [-0.05, 0) is 0 Å². The summed E-state index contributed by atoms with van der Waals surface area (Å²) >= 11 is 0. The van der Waals surface area contributed by atoms with Crippen LogP contribution in [0.3, 0.4) is 0 Å². The van der Waals surface area contributed by atoms with E-state index in [-0.39, 0.29) is 13.2 Å². The van der Waals surface area contributed by atoms with Gasteiger partial charge in [0.25, 0.3) is 0 Å². The van der Waals surface area contributed by atoms with Gasteiger partial charge >= 0.3 is 0 Å². The molecule has 2 saturated heterocycles. The van der Waals surface area contributed by atoms with Gasteiger partial charge in [0, 0.05) is 6.00 Å². The van der Waals surface area contributed by atoms with Crippen molar-refractivity contribution >= 4 is 7.85 Å². The SMILES string of the molecule is [B]C1O[C@@]2(CO)CO[C@H]1[C@H]2O. The molecule has 5 heteroatoms. The predicted molar refractivity (Wildman–Crippen MR) is 36.2 cm³/mol. The van der Waals surface area contributed by atoms with Crippen molar-refractivity contribution in [2.24, 2.45) is 0 Å². The van der Waals surface area contributed by atoms with E-state index in [9.17, 15) is 5.11 Å². The first-order valence-corrected chi connectivity index (χ1v) is 3.53. The predicted octanol–water partition coefficient (Wildman–Crippen LogP) is -2.00. The Kier molecular flexibility index (Phi) is 1.51. The highest BCUT2D eigenvalue weighted by molar-refractivity contribution is 6.11. The van der Waals surface area contributed by atoms with E-state index in [1.54, 1.807) is 0 Å². The first kappa shape index (κ1) is 7.55. The van der Waals surface area contributed by atoms with Gasteiger partial charge < -0.3 is 19.7 Å². The smallest absolute Gasteiger partial charge is 0.142 e. The van der Waals surface area contributed by atoms with Crippen LogP contribution in [0.2, 0.25) is 0 Å². The molecule has 60 valence electrons. The summed E-state index contributed by atoms with van der Waals surface area (Å²) in [4.78, 5) is 0. The molecule has 1 unspecified atom stereocenters. The van der Waals surface area contributed by atoms with Crippen LogP contribution in [0.15, 0.2) is 0 Å². The van der Waals surface area contributed by atoms with E-state index in [2.05, 4.69) is 0 Å². The van der Waals surface area contributed by atoms with Crippen LogP contribution in [0.5, 0.6) is 0 Å². The minimum Gasteiger partial charge on any atom is -0.393 e. The number of aliphatic hydroxyl groups excluding tert-OH is 2. The van der Waals surface area contributed by atoms with Crippen molar-refractivity contribution < 1.29 is 19.7 Å². The highest BCUT2D eigenvalue weighted by atomic mass is 16.6. The molecule has 4 nitrogen and oxygen atoms in total. The largest absolute Gasteiger partial charge is 0.393 e. The molecule has 0 aromatic carbocycles. The lowest BCUT2D eigenvalue weighted by Gasteiger charge is -2.27. The lowest BCUT2D eigenvalue weighted by Crippen LogP contribution is -2.44. The molecule has 0 aromatic rings. The third kappa shape index (κ3) is 0.795. The topological polar surface area (TPSA) is 58.9 Å². The Balaban J connectivity index is 2.24. The van der Waals surface area contributed by atoms with E-state index >= 15 is 0 Å². The second-order valence-electron chi connectivity index (χ2n) is 3.03. The Hall–Kier alpha value is -0.0951. The maximum Gasteiger partial charge on any atom is 0.142 e. The van der Waals surface area contributed by atoms with Crippen LogP contribution in [0.1, 0.15) is 0 Å². The second kappa shape index (κ2) is 2.20. The first-order valence-electron chi connectivity index (χ1n) is 3.53. The lowest BCUT2D eigenvalue weighted by atomic mass is 9.92. The summed E-state index contributed by atoms with van der Waals surface area (Å²) in [5.74, 6) is 0. The summed E-state index contributed by atoms with van der Waals surface area (Å²) in [5.41, 5.74) is -0.954. The zero-order valence-corrected chi connectivity index (χ0v) is 5.93. The van der Waals surface area contributed by atoms with Crippen molar-refractivity contribution in [3.8, 4) is 0 Å². The van der Waals surface area contributed by atoms with Gasteiger partial charge in [-0.15, -0.1) is 0 Å². The molecule has 0 saturated carbocycles. The molecule has 0 spiro atoms. The quantitative estimate of drug-likeness (QED) is 0.431. The highest BCUT2D eigenvalue weighted by Gasteiger charge is 2.58. The van der Waals surface area contributed by atoms with Crippen molar-refractivity contribution in [2.45, 2.75) is 23.8 Å². The Morgan fingerprint density at radius 2 is 2.36 bits per heavy atom. The number of aliphatic hydroxyl groups is 2. The minimum absolute atomic E-state index is 0.225. The van der Waals surface area contributed by atoms with E-state index in [0.717, 1.165) is 0 Å². The zero-order valence-electron chi connectivity index (χ0n) is 5.93. The van der Waals surface area contributed by atoms with Crippen molar-refractivity contribution in [1.82, 2.24) is 0 Å². The van der Waals surface area contributed by atoms with E-state index in [1.807, 2.05) is 0 Å². The van der Waals surface area contributed by atoms with Gasteiger partial charge in [-0.1, -0.05) is 0 Å². The lowest BCUT2D eigenvalue weighted by molar-refractivity contribution is -0.136. The molecule has 2 aliphatic rings. The second-order valence-corrected chi connectivity index (χ2v) is 3.03. The van der Waals surface area contributed by atoms with Crippen LogP contribution in [0, 0.1) is 0 Å². The molecule has 4 atom stereocenters. The molecule has 2 N–H and O–H groups in total. The molecule has 2 heterocycles. The van der Waals surface area contributed by atoms with Crippen LogP contribution in [0.25, 0.3) is 0 Å². The zero-order chi connectivity index (χ0) is 8.06. The van der Waals surface area contributed by atoms with Crippen molar-refractivity contribution in [3.05, 3.63) is 0 Å². The standard InChI is InChI=1S/C6H9BO4/c7-5-3-4(9)6(1-8,11-5)2-10-3/h3-5,8-9H,1-2H2/t3-,4+,5?,6-/m0/s1. The molecule has 11 heavy (non-hydrogen) atoms. The maximum absolute atomic E-state index is 9.46. The summed E-state index contributed by atoms with van der Waals surface area (Å²) in [6.07, 6.45) is -1.26. The summed E-state index contributed by atoms with van der Waals surface area (Å²) in [6.45, 7) is -0.0264. The van der Waals surface area contributed by atoms with Crippen LogP contribution in [-0.4, -0.2) is 55.1 Å². The molecular formula is C6H9BO4. The fourth-order valence-corrected chi connectivity index (χ4v) is 1.61. The molecule has 0 amide bonds. The van der Waals surface area contributed by atoms with Gasteiger partial charge in [0.1, 0.15) is 25.7 Å². The molecular weight excluding hydrogens is 147 g/mol. The Bertz CT molecular complexity index is 176. The minimum atomic E-state index is -0.954. The van der Waals surface area contributed by atoms with E-state index < -0.39 is 23.8 Å². The first-order chi connectivity index (χ1) is 5.19. The molecule has 0 aromatic heterocycles. The fourth-order valence-electron chi connectivity index (χ4n) is 1.61. The highest BCUT2D eigenvalue weighted by Crippen LogP contribution is 2.38. The summed E-state index contributed by atoms with van der Waals surface area (Å²) in [7, 11) is 5.45. The molecule has 2 rings (SSSR count). The van der Waals surface area contributed by atoms with E-state index in [0.29, 0.717) is 0 Å². The van der Waals surface area contributed by atoms with Crippen LogP contribution < -0.4 is 0 Å². The molecule has 2 aliphatic heterocycles. The normalized spacial score (nSPS) is 55.3. The van der Waals surface area contributed by atoms with Crippen molar-refractivity contribution in [3.63, 3.8) is 0 Å². The van der Waals surface area contributed by atoms with Crippen molar-refractivity contribution in [1.29, 1.82) is 0 Å². The number of rotatable bonds is 1. The molecule has 2 bridgehead atoms. The van der Waals surface area contributed by atoms with Gasteiger partial charge in [0.2, 0.25) is 0 Å². The van der Waals surface area contributed by atoms with E-state index in [4.69, 9.17) is 22.4 Å². The van der Waals surface area contributed by atoms with Crippen LogP contribution in [0.4, 0.5) is 0 Å². The Labute approximate surface area is 65.5 Å². The number of ether oxygens (including phenoxy) is 2. The molecule has 2 radical (unpaired) electrons. The molecule has 0 aliphatic carbocycles.